The molecule has 78 valence electrons. The van der Waals surface area contributed by atoms with E-state index in [4.69, 9.17) is 11.6 Å². The van der Waals surface area contributed by atoms with E-state index >= 15 is 0 Å². The largest absolute Gasteiger partial charge is 0.313 e. The highest BCUT2D eigenvalue weighted by Gasteiger charge is 2.12. The smallest absolute Gasteiger partial charge is 0.127 e. The zero-order valence-corrected chi connectivity index (χ0v) is 9.45. The van der Waals surface area contributed by atoms with Crippen LogP contribution in [0.5, 0.6) is 0 Å². The number of halogens is 2. The fourth-order valence-corrected chi connectivity index (χ4v) is 1.81. The Morgan fingerprint density at radius 1 is 1.50 bits per heavy atom. The van der Waals surface area contributed by atoms with Gasteiger partial charge in [-0.25, -0.2) is 4.39 Å². The standard InChI is InChI=1S/C11H15ClFN/c1-4-11(14-3)8-5-7(2)10(13)6-9(8)12/h5-6,11,14H,4H2,1-3H3. The van der Waals surface area contributed by atoms with Gasteiger partial charge in [-0.15, -0.1) is 0 Å². The molecule has 1 atom stereocenters. The maximum atomic E-state index is 13.1. The molecular weight excluding hydrogens is 201 g/mol. The van der Waals surface area contributed by atoms with E-state index in [1.165, 1.54) is 6.07 Å². The number of aryl methyl sites for hydroxylation is 1. The summed E-state index contributed by atoms with van der Waals surface area (Å²) in [6.07, 6.45) is 0.932. The van der Waals surface area contributed by atoms with Gasteiger partial charge in [0.15, 0.2) is 0 Å². The summed E-state index contributed by atoms with van der Waals surface area (Å²) in [5.74, 6) is -0.246. The van der Waals surface area contributed by atoms with E-state index in [1.54, 1.807) is 6.92 Å². The summed E-state index contributed by atoms with van der Waals surface area (Å²) in [6, 6.07) is 3.39. The first-order valence-electron chi connectivity index (χ1n) is 4.73. The highest BCUT2D eigenvalue weighted by Crippen LogP contribution is 2.27. The number of benzene rings is 1. The first kappa shape index (κ1) is 11.5. The van der Waals surface area contributed by atoms with E-state index in [0.29, 0.717) is 10.6 Å². The lowest BCUT2D eigenvalue weighted by atomic mass is 10.0. The molecule has 0 radical (unpaired) electrons. The first-order chi connectivity index (χ1) is 6.60. The molecule has 1 N–H and O–H groups in total. The van der Waals surface area contributed by atoms with Crippen molar-refractivity contribution in [3.63, 3.8) is 0 Å². The maximum Gasteiger partial charge on any atom is 0.127 e. The predicted molar refractivity (Wildman–Crippen MR) is 58.2 cm³/mol. The van der Waals surface area contributed by atoms with Gasteiger partial charge in [-0.2, -0.15) is 0 Å². The van der Waals surface area contributed by atoms with Gasteiger partial charge in [0.2, 0.25) is 0 Å². The van der Waals surface area contributed by atoms with Crippen molar-refractivity contribution in [2.45, 2.75) is 26.3 Å². The zero-order valence-electron chi connectivity index (χ0n) is 8.70. The Balaban J connectivity index is 3.14. The molecule has 0 aliphatic rings. The first-order valence-corrected chi connectivity index (χ1v) is 5.10. The third kappa shape index (κ3) is 2.25. The maximum absolute atomic E-state index is 13.1. The molecule has 1 aromatic rings. The van der Waals surface area contributed by atoms with Gasteiger partial charge in [-0.1, -0.05) is 24.6 Å². The molecule has 0 fully saturated rings. The molecule has 0 bridgehead atoms. The van der Waals surface area contributed by atoms with Crippen LogP contribution in [-0.4, -0.2) is 7.05 Å². The molecule has 0 saturated heterocycles. The third-order valence-electron chi connectivity index (χ3n) is 2.41. The van der Waals surface area contributed by atoms with E-state index in [2.05, 4.69) is 12.2 Å². The Kier molecular flexibility index (Phi) is 3.90. The molecule has 0 aromatic heterocycles. The summed E-state index contributed by atoms with van der Waals surface area (Å²) in [7, 11) is 1.88. The Morgan fingerprint density at radius 3 is 2.64 bits per heavy atom. The van der Waals surface area contributed by atoms with Crippen molar-refractivity contribution in [2.75, 3.05) is 7.05 Å². The van der Waals surface area contributed by atoms with Crippen LogP contribution in [0.3, 0.4) is 0 Å². The quantitative estimate of drug-likeness (QED) is 0.815. The second-order valence-electron chi connectivity index (χ2n) is 3.37. The van der Waals surface area contributed by atoms with E-state index in [0.717, 1.165) is 12.0 Å². The molecule has 1 unspecified atom stereocenters. The Labute approximate surface area is 89.3 Å². The van der Waals surface area contributed by atoms with Gasteiger partial charge < -0.3 is 5.32 Å². The van der Waals surface area contributed by atoms with Crippen LogP contribution in [0.2, 0.25) is 5.02 Å². The minimum Gasteiger partial charge on any atom is -0.313 e. The van der Waals surface area contributed by atoms with Gasteiger partial charge in [-0.3, -0.25) is 0 Å². The van der Waals surface area contributed by atoms with Crippen LogP contribution in [0.4, 0.5) is 4.39 Å². The lowest BCUT2D eigenvalue weighted by Crippen LogP contribution is -2.16. The second kappa shape index (κ2) is 4.76. The van der Waals surface area contributed by atoms with E-state index in [9.17, 15) is 4.39 Å². The van der Waals surface area contributed by atoms with Gasteiger partial charge in [-0.05, 0) is 37.6 Å². The number of hydrogen-bond acceptors (Lipinski definition) is 1. The summed E-state index contributed by atoms with van der Waals surface area (Å²) >= 11 is 5.97. The molecule has 3 heteroatoms. The topological polar surface area (TPSA) is 12.0 Å². The zero-order chi connectivity index (χ0) is 10.7. The van der Waals surface area contributed by atoms with Crippen LogP contribution in [-0.2, 0) is 0 Å². The summed E-state index contributed by atoms with van der Waals surface area (Å²) in [4.78, 5) is 0. The molecule has 0 spiro atoms. The van der Waals surface area contributed by atoms with Gasteiger partial charge in [0.1, 0.15) is 5.82 Å². The number of rotatable bonds is 3. The molecule has 1 nitrogen and oxygen atoms in total. The van der Waals surface area contributed by atoms with Crippen molar-refractivity contribution in [1.82, 2.24) is 5.32 Å². The van der Waals surface area contributed by atoms with Gasteiger partial charge >= 0.3 is 0 Å². The van der Waals surface area contributed by atoms with Crippen LogP contribution in [0.1, 0.15) is 30.5 Å². The average Bonchev–Trinajstić information content (AvgIpc) is 2.15. The van der Waals surface area contributed by atoms with Crippen molar-refractivity contribution >= 4 is 11.6 Å². The molecule has 0 heterocycles. The fraction of sp³-hybridized carbons (Fsp3) is 0.455. The normalized spacial score (nSPS) is 12.9. The van der Waals surface area contributed by atoms with Crippen molar-refractivity contribution < 1.29 is 4.39 Å². The third-order valence-corrected chi connectivity index (χ3v) is 2.74. The molecule has 1 aromatic carbocycles. The number of nitrogens with one attached hydrogen (secondary N) is 1. The van der Waals surface area contributed by atoms with E-state index in [1.807, 2.05) is 13.1 Å². The second-order valence-corrected chi connectivity index (χ2v) is 3.78. The molecule has 0 saturated carbocycles. The number of hydrogen-bond donors (Lipinski definition) is 1. The molecule has 0 aliphatic carbocycles. The molecule has 0 aliphatic heterocycles. The lowest BCUT2D eigenvalue weighted by Gasteiger charge is -2.16. The Bertz CT molecular complexity index is 321. The summed E-state index contributed by atoms with van der Waals surface area (Å²) < 4.78 is 13.1. The lowest BCUT2D eigenvalue weighted by molar-refractivity contribution is 0.570. The molecular formula is C11H15ClFN. The minimum absolute atomic E-state index is 0.196. The minimum atomic E-state index is -0.246. The average molecular weight is 216 g/mol. The molecule has 14 heavy (non-hydrogen) atoms. The Morgan fingerprint density at radius 2 is 2.14 bits per heavy atom. The van der Waals surface area contributed by atoms with Crippen LogP contribution in [0, 0.1) is 12.7 Å². The van der Waals surface area contributed by atoms with Gasteiger partial charge in [0, 0.05) is 11.1 Å². The fourth-order valence-electron chi connectivity index (χ4n) is 1.53. The summed E-state index contributed by atoms with van der Waals surface area (Å²) in [6.45, 7) is 3.81. The van der Waals surface area contributed by atoms with Crippen LogP contribution in [0.25, 0.3) is 0 Å². The highest BCUT2D eigenvalue weighted by molar-refractivity contribution is 6.31. The van der Waals surface area contributed by atoms with E-state index in [-0.39, 0.29) is 11.9 Å². The van der Waals surface area contributed by atoms with Gasteiger partial charge in [0.05, 0.1) is 0 Å². The highest BCUT2D eigenvalue weighted by atomic mass is 35.5. The van der Waals surface area contributed by atoms with Crippen LogP contribution < -0.4 is 5.32 Å². The monoisotopic (exact) mass is 215 g/mol. The van der Waals surface area contributed by atoms with E-state index < -0.39 is 0 Å². The van der Waals surface area contributed by atoms with Crippen LogP contribution in [0.15, 0.2) is 12.1 Å². The van der Waals surface area contributed by atoms with Crippen molar-refractivity contribution in [1.29, 1.82) is 0 Å². The van der Waals surface area contributed by atoms with Crippen molar-refractivity contribution in [3.8, 4) is 0 Å². The molecule has 1 rings (SSSR count). The SMILES string of the molecule is CCC(NC)c1cc(C)c(F)cc1Cl. The van der Waals surface area contributed by atoms with Gasteiger partial charge in [0.25, 0.3) is 0 Å². The summed E-state index contributed by atoms with van der Waals surface area (Å²) in [5.41, 5.74) is 1.61. The van der Waals surface area contributed by atoms with Crippen molar-refractivity contribution in [3.05, 3.63) is 34.1 Å². The van der Waals surface area contributed by atoms with Crippen molar-refractivity contribution in [2.24, 2.45) is 0 Å². The predicted octanol–water partition coefficient (Wildman–Crippen LogP) is 3.46. The molecule has 0 amide bonds. The summed E-state index contributed by atoms with van der Waals surface area (Å²) in [5, 5.41) is 3.64. The van der Waals surface area contributed by atoms with Crippen LogP contribution >= 0.6 is 11.6 Å². The Hall–Kier alpha value is -0.600.